The van der Waals surface area contributed by atoms with Crippen molar-refractivity contribution in [3.8, 4) is 0 Å². The molecule has 0 aromatic heterocycles. The molecule has 1 rings (SSSR count). The molecule has 2 heteroatoms. The van der Waals surface area contributed by atoms with Gasteiger partial charge in [-0.15, -0.1) is 0 Å². The maximum absolute atomic E-state index is 5.28. The summed E-state index contributed by atoms with van der Waals surface area (Å²) in [4.78, 5) is 5.28. The van der Waals surface area contributed by atoms with Gasteiger partial charge in [0.15, 0.2) is 0 Å². The lowest BCUT2D eigenvalue weighted by molar-refractivity contribution is -0.0102. The first-order valence-electron chi connectivity index (χ1n) is 3.88. The molecule has 0 amide bonds. The lowest BCUT2D eigenvalue weighted by Crippen LogP contribution is -2.23. The molecule has 0 saturated heterocycles. The Hall–Kier alpha value is -0.530. The molecule has 0 aromatic rings. The molecule has 0 bridgehead atoms. The minimum absolute atomic E-state index is 0.0127. The van der Waals surface area contributed by atoms with Crippen LogP contribution >= 0.6 is 0 Å². The number of nitrogens with zero attached hydrogens (tertiary/aromatic N) is 1. The van der Waals surface area contributed by atoms with Crippen LogP contribution in [0.15, 0.2) is 5.16 Å². The fraction of sp³-hybridized carbons (Fsp3) is 0.875. The highest BCUT2D eigenvalue weighted by molar-refractivity contribution is 5.83. The van der Waals surface area contributed by atoms with Gasteiger partial charge in [0.25, 0.3) is 0 Å². The number of hydrogen-bond donors (Lipinski definition) is 0. The molecule has 0 radical (unpaired) electrons. The first kappa shape index (κ1) is 7.58. The van der Waals surface area contributed by atoms with Crippen LogP contribution in [0.2, 0.25) is 0 Å². The van der Waals surface area contributed by atoms with E-state index in [-0.39, 0.29) is 5.60 Å². The molecule has 1 aliphatic rings. The molecule has 0 saturated carbocycles. The Morgan fingerprint density at radius 1 is 1.70 bits per heavy atom. The lowest BCUT2D eigenvalue weighted by atomic mass is 9.95. The van der Waals surface area contributed by atoms with E-state index in [0.29, 0.717) is 0 Å². The minimum Gasteiger partial charge on any atom is -0.389 e. The molecule has 0 fully saturated rings. The van der Waals surface area contributed by atoms with Crippen LogP contribution in [0.4, 0.5) is 0 Å². The summed E-state index contributed by atoms with van der Waals surface area (Å²) >= 11 is 0. The van der Waals surface area contributed by atoms with Gasteiger partial charge in [0.05, 0.1) is 5.71 Å². The Kier molecular flexibility index (Phi) is 1.97. The lowest BCUT2D eigenvalue weighted by Gasteiger charge is -2.19. The molecule has 0 aliphatic carbocycles. The third-order valence-electron chi connectivity index (χ3n) is 1.83. The molecule has 10 heavy (non-hydrogen) atoms. The van der Waals surface area contributed by atoms with Crippen LogP contribution in [0.3, 0.4) is 0 Å². The third-order valence-corrected chi connectivity index (χ3v) is 1.83. The molecular formula is C8H15NO. The maximum atomic E-state index is 5.28. The molecule has 1 aliphatic heterocycles. The zero-order valence-corrected chi connectivity index (χ0v) is 6.98. The maximum Gasteiger partial charge on any atom is 0.140 e. The zero-order chi connectivity index (χ0) is 7.61. The molecule has 0 aromatic carbocycles. The average Bonchev–Trinajstić information content (AvgIpc) is 2.12. The van der Waals surface area contributed by atoms with Crippen LogP contribution in [0.25, 0.3) is 0 Å². The summed E-state index contributed by atoms with van der Waals surface area (Å²) < 4.78 is 0. The van der Waals surface area contributed by atoms with E-state index >= 15 is 0 Å². The Morgan fingerprint density at radius 3 is 2.80 bits per heavy atom. The van der Waals surface area contributed by atoms with Crippen LogP contribution < -0.4 is 0 Å². The molecule has 58 valence electrons. The minimum atomic E-state index is 0.0127. The van der Waals surface area contributed by atoms with Crippen LogP contribution in [0.1, 0.15) is 40.0 Å². The van der Waals surface area contributed by atoms with Crippen molar-refractivity contribution in [2.24, 2.45) is 5.16 Å². The average molecular weight is 141 g/mol. The van der Waals surface area contributed by atoms with Gasteiger partial charge in [0, 0.05) is 6.42 Å². The van der Waals surface area contributed by atoms with E-state index in [4.69, 9.17) is 4.84 Å². The van der Waals surface area contributed by atoms with Gasteiger partial charge in [-0.05, 0) is 20.3 Å². The summed E-state index contributed by atoms with van der Waals surface area (Å²) in [7, 11) is 0. The van der Waals surface area contributed by atoms with Crippen LogP contribution in [0.5, 0.6) is 0 Å². The van der Waals surface area contributed by atoms with Crippen molar-refractivity contribution in [3.05, 3.63) is 0 Å². The molecule has 1 unspecified atom stereocenters. The van der Waals surface area contributed by atoms with Gasteiger partial charge in [-0.1, -0.05) is 18.5 Å². The van der Waals surface area contributed by atoms with Gasteiger partial charge in [-0.25, -0.2) is 0 Å². The summed E-state index contributed by atoms with van der Waals surface area (Å²) in [5, 5.41) is 3.92. The highest BCUT2D eigenvalue weighted by Gasteiger charge is 2.30. The van der Waals surface area contributed by atoms with E-state index in [2.05, 4.69) is 19.0 Å². The largest absolute Gasteiger partial charge is 0.389 e. The summed E-state index contributed by atoms with van der Waals surface area (Å²) in [6, 6.07) is 0. The molecule has 1 atom stereocenters. The summed E-state index contributed by atoms with van der Waals surface area (Å²) in [6.07, 6.45) is 3.27. The van der Waals surface area contributed by atoms with E-state index in [9.17, 15) is 0 Å². The summed E-state index contributed by atoms with van der Waals surface area (Å²) in [5.74, 6) is 0. The number of hydrogen-bond acceptors (Lipinski definition) is 2. The van der Waals surface area contributed by atoms with Crippen molar-refractivity contribution in [1.82, 2.24) is 0 Å². The normalized spacial score (nSPS) is 31.7. The topological polar surface area (TPSA) is 21.6 Å². The SMILES string of the molecule is CCCC1(C)CC(C)=NO1. The first-order valence-corrected chi connectivity index (χ1v) is 3.88. The van der Waals surface area contributed by atoms with Crippen molar-refractivity contribution in [2.75, 3.05) is 0 Å². The van der Waals surface area contributed by atoms with Crippen molar-refractivity contribution < 1.29 is 4.84 Å². The molecule has 0 spiro atoms. The van der Waals surface area contributed by atoms with Gasteiger partial charge in [0.1, 0.15) is 5.60 Å². The van der Waals surface area contributed by atoms with Crippen molar-refractivity contribution in [3.63, 3.8) is 0 Å². The second-order valence-electron chi connectivity index (χ2n) is 3.29. The van der Waals surface area contributed by atoms with Gasteiger partial charge >= 0.3 is 0 Å². The Balaban J connectivity index is 2.44. The highest BCUT2D eigenvalue weighted by atomic mass is 16.7. The van der Waals surface area contributed by atoms with E-state index in [1.165, 1.54) is 6.42 Å². The summed E-state index contributed by atoms with van der Waals surface area (Å²) in [5.41, 5.74) is 1.13. The predicted molar refractivity (Wildman–Crippen MR) is 42.1 cm³/mol. The van der Waals surface area contributed by atoms with Gasteiger partial charge in [-0.3, -0.25) is 0 Å². The van der Waals surface area contributed by atoms with Gasteiger partial charge in [0.2, 0.25) is 0 Å². The summed E-state index contributed by atoms with van der Waals surface area (Å²) in [6.45, 7) is 6.31. The second kappa shape index (κ2) is 2.60. The standard InChI is InChI=1S/C8H15NO/c1-4-5-8(3)6-7(2)9-10-8/h4-6H2,1-3H3. The Bertz CT molecular complexity index is 153. The van der Waals surface area contributed by atoms with Gasteiger partial charge in [-0.2, -0.15) is 0 Å². The van der Waals surface area contributed by atoms with E-state index in [1.807, 2.05) is 6.92 Å². The van der Waals surface area contributed by atoms with E-state index in [0.717, 1.165) is 18.6 Å². The van der Waals surface area contributed by atoms with Gasteiger partial charge < -0.3 is 4.84 Å². The predicted octanol–water partition coefficient (Wildman–Crippen LogP) is 2.34. The van der Waals surface area contributed by atoms with Crippen molar-refractivity contribution in [2.45, 2.75) is 45.6 Å². The smallest absolute Gasteiger partial charge is 0.140 e. The fourth-order valence-corrected chi connectivity index (χ4v) is 1.46. The third kappa shape index (κ3) is 1.49. The number of oxime groups is 1. The Labute approximate surface area is 62.3 Å². The van der Waals surface area contributed by atoms with Crippen LogP contribution in [-0.2, 0) is 4.84 Å². The fourth-order valence-electron chi connectivity index (χ4n) is 1.46. The molecule has 0 N–H and O–H groups in total. The van der Waals surface area contributed by atoms with Crippen molar-refractivity contribution >= 4 is 5.71 Å². The quantitative estimate of drug-likeness (QED) is 0.578. The van der Waals surface area contributed by atoms with Crippen LogP contribution in [0, 0.1) is 0 Å². The molecule has 1 heterocycles. The van der Waals surface area contributed by atoms with E-state index in [1.54, 1.807) is 0 Å². The Morgan fingerprint density at radius 2 is 2.40 bits per heavy atom. The first-order chi connectivity index (χ1) is 4.66. The molecule has 2 nitrogen and oxygen atoms in total. The second-order valence-corrected chi connectivity index (χ2v) is 3.29. The van der Waals surface area contributed by atoms with E-state index < -0.39 is 0 Å². The monoisotopic (exact) mass is 141 g/mol. The van der Waals surface area contributed by atoms with Crippen LogP contribution in [-0.4, -0.2) is 11.3 Å². The highest BCUT2D eigenvalue weighted by Crippen LogP contribution is 2.27. The zero-order valence-electron chi connectivity index (χ0n) is 6.98. The van der Waals surface area contributed by atoms with Crippen molar-refractivity contribution in [1.29, 1.82) is 0 Å². The molecular weight excluding hydrogens is 126 g/mol. The number of rotatable bonds is 2.